The zero-order valence-electron chi connectivity index (χ0n) is 47.3. The molecule has 8 aromatic rings. The van der Waals surface area contributed by atoms with Crippen LogP contribution in [0.3, 0.4) is 0 Å². The van der Waals surface area contributed by atoms with Crippen LogP contribution in [0.1, 0.15) is 65.5 Å². The molecule has 0 radical (unpaired) electrons. The molecule has 4 aliphatic heterocycles. The fraction of sp³-hybridized carbons (Fsp3) is 0.230. The first-order chi connectivity index (χ1) is 41.8. The standard InChI is InChI=1S/C33H33ClN8O5.C28H25ClN8O3/c1-33(2,3)47-32(46)41-12-10-40(11-13-41)31(45)20-6-4-8-24(15-20)37-27-18-26(36-25-9-5-7-23(34)17-25)38-29-22(19-35-42(27)29)14-21-16-28(43)39-30(21)44;29-20-4-2-6-22(14-20)32-23-15-24(33-21-5-1-3-17(12-21)28(40)36-9-7-30-8-10-36)37-26(34-23)19(16-31-37)11-18-13-25(38)35-27(18)39/h4-9,14-15,17-19,37H,10-13,16H2,1-3H3,(H,36,38)(H,39,43,44);1-6,11-12,14-16,30,33H,7-10,13H2,(H,32,34)(H,35,38,39)/b21-14+;18-11+. The second kappa shape index (κ2) is 25.2. The fourth-order valence-corrected chi connectivity index (χ4v) is 10.3. The topological polar surface area (TPSA) is 283 Å². The van der Waals surface area contributed by atoms with Crippen LogP contribution in [0.25, 0.3) is 23.4 Å². The number of nitrogens with one attached hydrogen (secondary N) is 7. The molecule has 0 spiro atoms. The number of benzene rings is 4. The number of hydrogen-bond acceptors (Lipinski definition) is 17. The van der Waals surface area contributed by atoms with Gasteiger partial charge in [-0.25, -0.2) is 14.8 Å². The van der Waals surface area contributed by atoms with Gasteiger partial charge in [-0.05, 0) is 106 Å². The summed E-state index contributed by atoms with van der Waals surface area (Å²) in [6, 6.07) is 32.4. The summed E-state index contributed by atoms with van der Waals surface area (Å²) >= 11 is 12.4. The Morgan fingerprint density at radius 3 is 1.37 bits per heavy atom. The number of hydrogen-bond donors (Lipinski definition) is 7. The molecule has 0 aliphatic carbocycles. The largest absolute Gasteiger partial charge is 0.444 e. The van der Waals surface area contributed by atoms with E-state index in [1.807, 2.05) is 74.2 Å². The lowest BCUT2D eigenvalue weighted by Gasteiger charge is -2.35. The summed E-state index contributed by atoms with van der Waals surface area (Å²) < 4.78 is 8.65. The molecule has 26 heteroatoms. The van der Waals surface area contributed by atoms with E-state index in [2.05, 4.69) is 47.4 Å². The summed E-state index contributed by atoms with van der Waals surface area (Å²) in [6.07, 6.45) is 5.95. The predicted octanol–water partition coefficient (Wildman–Crippen LogP) is 8.34. The smallest absolute Gasteiger partial charge is 0.410 e. The molecule has 444 valence electrons. The minimum Gasteiger partial charge on any atom is -0.444 e. The second-order valence-electron chi connectivity index (χ2n) is 21.7. The zero-order chi connectivity index (χ0) is 60.9. The van der Waals surface area contributed by atoms with Crippen molar-refractivity contribution in [3.05, 3.63) is 165 Å². The highest BCUT2D eigenvalue weighted by molar-refractivity contribution is 6.31. The van der Waals surface area contributed by atoms with Gasteiger partial charge < -0.3 is 46.0 Å². The summed E-state index contributed by atoms with van der Waals surface area (Å²) in [4.78, 5) is 102. The Bertz CT molecular complexity index is 4120. The number of amides is 7. The molecule has 7 N–H and O–H groups in total. The average Bonchev–Trinajstić information content (AvgIpc) is 2.01. The summed E-state index contributed by atoms with van der Waals surface area (Å²) in [5.41, 5.74) is 5.87. The van der Waals surface area contributed by atoms with Crippen LogP contribution in [0.15, 0.2) is 133 Å². The molecule has 4 fully saturated rings. The molecule has 4 aromatic carbocycles. The van der Waals surface area contributed by atoms with E-state index in [0.717, 1.165) is 18.8 Å². The number of halogens is 2. The van der Waals surface area contributed by atoms with Gasteiger partial charge in [0.05, 0.1) is 25.2 Å². The molecule has 4 saturated heterocycles. The fourth-order valence-electron chi connectivity index (χ4n) is 9.92. The first-order valence-corrected chi connectivity index (χ1v) is 28.5. The van der Waals surface area contributed by atoms with E-state index in [1.165, 1.54) is 0 Å². The number of carbonyl (C=O) groups excluding carboxylic acids is 7. The van der Waals surface area contributed by atoms with Gasteiger partial charge in [0.1, 0.15) is 28.9 Å². The van der Waals surface area contributed by atoms with Crippen molar-refractivity contribution in [1.82, 2.24) is 59.8 Å². The molecule has 0 bridgehead atoms. The number of nitrogens with zero attached hydrogens (tertiary/aromatic N) is 9. The third-order valence-electron chi connectivity index (χ3n) is 14.0. The van der Waals surface area contributed by atoms with Crippen LogP contribution in [-0.2, 0) is 23.9 Å². The number of imide groups is 2. The van der Waals surface area contributed by atoms with Crippen LogP contribution < -0.4 is 37.2 Å². The predicted molar refractivity (Wildman–Crippen MR) is 329 cm³/mol. The van der Waals surface area contributed by atoms with Gasteiger partial charge in [0.15, 0.2) is 11.3 Å². The van der Waals surface area contributed by atoms with Crippen LogP contribution in [0.5, 0.6) is 0 Å². The van der Waals surface area contributed by atoms with Crippen molar-refractivity contribution in [1.29, 1.82) is 0 Å². The summed E-state index contributed by atoms with van der Waals surface area (Å²) in [6.45, 7) is 9.86. The zero-order valence-corrected chi connectivity index (χ0v) is 48.8. The number of ether oxygens (including phenoxy) is 1. The quantitative estimate of drug-likeness (QED) is 0.0447. The van der Waals surface area contributed by atoms with E-state index >= 15 is 0 Å². The maximum absolute atomic E-state index is 13.5. The van der Waals surface area contributed by atoms with Gasteiger partial charge >= 0.3 is 6.09 Å². The Hall–Kier alpha value is -10.2. The van der Waals surface area contributed by atoms with E-state index in [0.29, 0.717) is 134 Å². The Morgan fingerprint density at radius 2 is 0.954 bits per heavy atom. The van der Waals surface area contributed by atoms with Crippen molar-refractivity contribution in [2.24, 2.45) is 0 Å². The number of fused-ring (bicyclic) bond motifs is 2. The van der Waals surface area contributed by atoms with E-state index in [-0.39, 0.29) is 42.6 Å². The molecule has 0 unspecified atom stereocenters. The first-order valence-electron chi connectivity index (χ1n) is 27.8. The number of aromatic nitrogens is 6. The van der Waals surface area contributed by atoms with Gasteiger partial charge in [0.25, 0.3) is 23.6 Å². The van der Waals surface area contributed by atoms with Crippen molar-refractivity contribution in [2.45, 2.75) is 39.2 Å². The minimum atomic E-state index is -0.591. The van der Waals surface area contributed by atoms with E-state index in [1.54, 1.807) is 104 Å². The maximum Gasteiger partial charge on any atom is 0.410 e. The molecule has 4 aliphatic rings. The molecule has 0 saturated carbocycles. The molecular formula is C61H58Cl2N16O8. The van der Waals surface area contributed by atoms with E-state index in [9.17, 15) is 33.6 Å². The van der Waals surface area contributed by atoms with Gasteiger partial charge in [0, 0.05) is 131 Å². The Labute approximate surface area is 507 Å². The second-order valence-corrected chi connectivity index (χ2v) is 22.5. The van der Waals surface area contributed by atoms with Gasteiger partial charge in [-0.2, -0.15) is 19.2 Å². The number of anilines is 8. The molecule has 7 amide bonds. The van der Waals surface area contributed by atoms with Gasteiger partial charge in [-0.15, -0.1) is 0 Å². The van der Waals surface area contributed by atoms with Crippen molar-refractivity contribution in [3.8, 4) is 0 Å². The Kier molecular flexibility index (Phi) is 17.0. The molecule has 8 heterocycles. The van der Waals surface area contributed by atoms with Crippen molar-refractivity contribution < 1.29 is 38.3 Å². The highest BCUT2D eigenvalue weighted by atomic mass is 35.5. The summed E-state index contributed by atoms with van der Waals surface area (Å²) in [7, 11) is 0. The van der Waals surface area contributed by atoms with E-state index in [4.69, 9.17) is 37.9 Å². The lowest BCUT2D eigenvalue weighted by atomic mass is 10.1. The SMILES string of the molecule is CC(C)(C)OC(=O)N1CCN(C(=O)c2cccc(Nc3cc(Nc4cccc(Cl)c4)nc4c(/C=C5\CC(=O)NC5=O)cnn34)c2)CC1.O=C1C/C(=C\c2cnn3c(Nc4cccc(C(=O)N5CCNCC5)c4)cc(Nc4cccc(Cl)c4)nc23)C(=O)N1. The third-order valence-corrected chi connectivity index (χ3v) is 14.5. The van der Waals surface area contributed by atoms with Crippen molar-refractivity contribution >= 4 is 134 Å². The minimum absolute atomic E-state index is 0.00433. The van der Waals surface area contributed by atoms with Crippen LogP contribution in [0, 0.1) is 0 Å². The highest BCUT2D eigenvalue weighted by Crippen LogP contribution is 2.31. The molecule has 0 atom stereocenters. The summed E-state index contributed by atoms with van der Waals surface area (Å²) in [5, 5.41) is 31.2. The Balaban J connectivity index is 0.000000182. The van der Waals surface area contributed by atoms with Gasteiger partial charge in [-0.1, -0.05) is 47.5 Å². The number of rotatable bonds is 12. The third kappa shape index (κ3) is 14.2. The van der Waals surface area contributed by atoms with Crippen molar-refractivity contribution in [2.75, 3.05) is 73.6 Å². The Morgan fingerprint density at radius 1 is 0.540 bits per heavy atom. The average molecular weight is 1210 g/mol. The van der Waals surface area contributed by atoms with Crippen molar-refractivity contribution in [3.63, 3.8) is 0 Å². The molecular weight excluding hydrogens is 1160 g/mol. The van der Waals surface area contributed by atoms with Crippen LogP contribution in [0.4, 0.5) is 50.8 Å². The lowest BCUT2D eigenvalue weighted by molar-refractivity contribution is -0.125. The normalized spacial score (nSPS) is 16.2. The van der Waals surface area contributed by atoms with Gasteiger partial charge in [0.2, 0.25) is 11.8 Å². The van der Waals surface area contributed by atoms with E-state index < -0.39 is 17.4 Å². The molecule has 4 aromatic heterocycles. The van der Waals surface area contributed by atoms with Crippen LogP contribution in [0.2, 0.25) is 10.0 Å². The van der Waals surface area contributed by atoms with Gasteiger partial charge in [-0.3, -0.25) is 39.4 Å². The monoisotopic (exact) mass is 1210 g/mol. The molecule has 24 nitrogen and oxygen atoms in total. The first kappa shape index (κ1) is 58.6. The highest BCUT2D eigenvalue weighted by Gasteiger charge is 2.30. The summed E-state index contributed by atoms with van der Waals surface area (Å²) in [5.74, 6) is 0.281. The molecule has 12 rings (SSSR count). The lowest BCUT2D eigenvalue weighted by Crippen LogP contribution is -2.51. The molecule has 87 heavy (non-hydrogen) atoms. The van der Waals surface area contributed by atoms with Crippen LogP contribution >= 0.6 is 23.2 Å². The number of carbonyl (C=O) groups is 7. The van der Waals surface area contributed by atoms with Crippen LogP contribution in [-0.4, -0.2) is 143 Å². The number of piperazine rings is 2. The maximum atomic E-state index is 13.5.